The minimum Gasteiger partial charge on any atom is -0.507 e. The van der Waals surface area contributed by atoms with Gasteiger partial charge in [-0.2, -0.15) is 0 Å². The van der Waals surface area contributed by atoms with E-state index in [0.717, 1.165) is 11.0 Å². The average molecular weight is 256 g/mol. The molecule has 3 nitrogen and oxygen atoms in total. The van der Waals surface area contributed by atoms with E-state index in [0.29, 0.717) is 17.9 Å². The van der Waals surface area contributed by atoms with Crippen LogP contribution in [0, 0.1) is 5.82 Å². The Bertz CT molecular complexity index is 749. The van der Waals surface area contributed by atoms with Crippen LogP contribution in [-0.4, -0.2) is 14.7 Å². The number of phenolic OH excluding ortho intramolecular Hbond substituents is 1. The van der Waals surface area contributed by atoms with Crippen LogP contribution in [0.25, 0.3) is 22.4 Å². The number of hydrogen-bond donors (Lipinski definition) is 1. The Labute approximate surface area is 109 Å². The number of fused-ring (bicyclic) bond motifs is 1. The first-order valence-electron chi connectivity index (χ1n) is 6.15. The highest BCUT2D eigenvalue weighted by Gasteiger charge is 2.14. The molecule has 0 fully saturated rings. The maximum absolute atomic E-state index is 13.4. The van der Waals surface area contributed by atoms with E-state index in [1.165, 1.54) is 12.1 Å². The van der Waals surface area contributed by atoms with E-state index in [2.05, 4.69) is 4.98 Å². The Kier molecular flexibility index (Phi) is 2.71. The van der Waals surface area contributed by atoms with Gasteiger partial charge >= 0.3 is 0 Å². The molecule has 19 heavy (non-hydrogen) atoms. The summed E-state index contributed by atoms with van der Waals surface area (Å²) in [5.74, 6) is 0.542. The molecule has 0 radical (unpaired) electrons. The Morgan fingerprint density at radius 1 is 1.21 bits per heavy atom. The molecule has 96 valence electrons. The van der Waals surface area contributed by atoms with Gasteiger partial charge in [0.15, 0.2) is 0 Å². The van der Waals surface area contributed by atoms with Gasteiger partial charge in [0, 0.05) is 6.54 Å². The molecule has 1 heterocycles. The minimum absolute atomic E-state index is 0.174. The summed E-state index contributed by atoms with van der Waals surface area (Å²) < 4.78 is 15.2. The van der Waals surface area contributed by atoms with E-state index in [9.17, 15) is 9.50 Å². The second kappa shape index (κ2) is 4.39. The third-order valence-corrected chi connectivity index (χ3v) is 3.17. The lowest BCUT2D eigenvalue weighted by molar-refractivity contribution is 0.476. The molecular weight excluding hydrogens is 243 g/mol. The zero-order valence-electron chi connectivity index (χ0n) is 10.5. The van der Waals surface area contributed by atoms with Crippen molar-refractivity contribution in [2.24, 2.45) is 0 Å². The van der Waals surface area contributed by atoms with Crippen LogP contribution < -0.4 is 0 Å². The molecule has 0 bridgehead atoms. The highest BCUT2D eigenvalue weighted by molar-refractivity contribution is 5.81. The zero-order chi connectivity index (χ0) is 13.4. The number of imidazole rings is 1. The van der Waals surface area contributed by atoms with E-state index in [1.807, 2.05) is 17.6 Å². The van der Waals surface area contributed by atoms with Gasteiger partial charge < -0.3 is 9.67 Å². The van der Waals surface area contributed by atoms with Gasteiger partial charge in [-0.1, -0.05) is 12.1 Å². The number of hydrogen-bond acceptors (Lipinski definition) is 2. The first-order chi connectivity index (χ1) is 9.20. The highest BCUT2D eigenvalue weighted by Crippen LogP contribution is 2.31. The molecule has 3 rings (SSSR count). The molecule has 0 atom stereocenters. The van der Waals surface area contributed by atoms with Crippen LogP contribution in [0.15, 0.2) is 42.5 Å². The van der Waals surface area contributed by atoms with Crippen LogP contribution in [0.1, 0.15) is 6.92 Å². The molecule has 0 unspecified atom stereocenters. The summed E-state index contributed by atoms with van der Waals surface area (Å²) in [4.78, 5) is 4.49. The maximum atomic E-state index is 13.4. The van der Waals surface area contributed by atoms with Crippen molar-refractivity contribution in [3.63, 3.8) is 0 Å². The number of para-hydroxylation sites is 1. The third-order valence-electron chi connectivity index (χ3n) is 3.17. The predicted molar refractivity (Wildman–Crippen MR) is 72.5 cm³/mol. The van der Waals surface area contributed by atoms with Gasteiger partial charge in [-0.3, -0.25) is 0 Å². The van der Waals surface area contributed by atoms with Crippen molar-refractivity contribution in [2.45, 2.75) is 13.5 Å². The highest BCUT2D eigenvalue weighted by atomic mass is 19.1. The van der Waals surface area contributed by atoms with Gasteiger partial charge in [0.1, 0.15) is 17.4 Å². The lowest BCUT2D eigenvalue weighted by Gasteiger charge is -2.07. The Morgan fingerprint density at radius 3 is 2.74 bits per heavy atom. The number of phenols is 1. The molecule has 0 saturated carbocycles. The maximum Gasteiger partial charge on any atom is 0.144 e. The van der Waals surface area contributed by atoms with Gasteiger partial charge in [0.2, 0.25) is 0 Å². The third kappa shape index (κ3) is 1.85. The lowest BCUT2D eigenvalue weighted by atomic mass is 10.2. The van der Waals surface area contributed by atoms with Crippen LogP contribution in [0.4, 0.5) is 4.39 Å². The van der Waals surface area contributed by atoms with Gasteiger partial charge in [0.05, 0.1) is 16.6 Å². The van der Waals surface area contributed by atoms with Gasteiger partial charge in [-0.15, -0.1) is 0 Å². The molecule has 0 spiro atoms. The Balaban J connectivity index is 2.33. The smallest absolute Gasteiger partial charge is 0.144 e. The molecule has 2 aromatic carbocycles. The van der Waals surface area contributed by atoms with Crippen LogP contribution in [0.3, 0.4) is 0 Å². The largest absolute Gasteiger partial charge is 0.507 e. The number of halogens is 1. The van der Waals surface area contributed by atoms with Crippen LogP contribution in [0.2, 0.25) is 0 Å². The number of benzene rings is 2. The Hall–Kier alpha value is -2.36. The summed E-state index contributed by atoms with van der Waals surface area (Å²) in [6, 6.07) is 11.5. The van der Waals surface area contributed by atoms with Crippen LogP contribution >= 0.6 is 0 Å². The number of rotatable bonds is 2. The van der Waals surface area contributed by atoms with Crippen molar-refractivity contribution in [1.82, 2.24) is 9.55 Å². The quantitative estimate of drug-likeness (QED) is 0.761. The second-order valence-electron chi connectivity index (χ2n) is 4.33. The normalized spacial score (nSPS) is 11.1. The van der Waals surface area contributed by atoms with Crippen LogP contribution in [-0.2, 0) is 6.54 Å². The summed E-state index contributed by atoms with van der Waals surface area (Å²) in [6.45, 7) is 2.62. The van der Waals surface area contributed by atoms with Crippen molar-refractivity contribution >= 4 is 11.0 Å². The first kappa shape index (κ1) is 11.7. The van der Waals surface area contributed by atoms with E-state index in [1.54, 1.807) is 24.3 Å². The summed E-state index contributed by atoms with van der Waals surface area (Å²) in [5, 5.41) is 9.94. The topological polar surface area (TPSA) is 38.0 Å². The van der Waals surface area contributed by atoms with Crippen molar-refractivity contribution < 1.29 is 9.50 Å². The molecule has 0 aliphatic carbocycles. The molecule has 3 aromatic rings. The molecule has 0 saturated heterocycles. The van der Waals surface area contributed by atoms with Crippen molar-refractivity contribution in [1.29, 1.82) is 0 Å². The molecule has 0 aliphatic heterocycles. The van der Waals surface area contributed by atoms with Crippen molar-refractivity contribution in [3.8, 4) is 17.1 Å². The fraction of sp³-hybridized carbons (Fsp3) is 0.133. The number of aryl methyl sites for hydroxylation is 1. The number of aromatic hydroxyl groups is 1. The molecule has 0 aliphatic rings. The van der Waals surface area contributed by atoms with Gasteiger partial charge in [0.25, 0.3) is 0 Å². The molecular formula is C15H13FN2O. The van der Waals surface area contributed by atoms with E-state index in [-0.39, 0.29) is 11.6 Å². The van der Waals surface area contributed by atoms with Gasteiger partial charge in [-0.25, -0.2) is 9.37 Å². The molecule has 4 heteroatoms. The van der Waals surface area contributed by atoms with Crippen molar-refractivity contribution in [3.05, 3.63) is 48.3 Å². The molecule has 0 amide bonds. The van der Waals surface area contributed by atoms with E-state index < -0.39 is 0 Å². The second-order valence-corrected chi connectivity index (χ2v) is 4.33. The lowest BCUT2D eigenvalue weighted by Crippen LogP contribution is -1.97. The fourth-order valence-electron chi connectivity index (χ4n) is 2.28. The van der Waals surface area contributed by atoms with E-state index in [4.69, 9.17) is 0 Å². The minimum atomic E-state index is -0.286. The average Bonchev–Trinajstić information content (AvgIpc) is 2.76. The SMILES string of the molecule is CCn1c(-c2ccccc2O)nc2ccc(F)cc21. The molecule has 1 aromatic heterocycles. The zero-order valence-corrected chi connectivity index (χ0v) is 10.5. The number of aromatic nitrogens is 2. The summed E-state index contributed by atoms with van der Waals surface area (Å²) in [5.41, 5.74) is 2.11. The Morgan fingerprint density at radius 2 is 2.00 bits per heavy atom. The number of nitrogens with zero attached hydrogens (tertiary/aromatic N) is 2. The summed E-state index contributed by atoms with van der Waals surface area (Å²) >= 11 is 0. The predicted octanol–water partition coefficient (Wildman–Crippen LogP) is 3.57. The standard InChI is InChI=1S/C15H13FN2O/c1-2-18-13-9-10(16)7-8-12(13)17-15(18)11-5-3-4-6-14(11)19/h3-9,19H,2H2,1H3. The van der Waals surface area contributed by atoms with Crippen molar-refractivity contribution in [2.75, 3.05) is 0 Å². The first-order valence-corrected chi connectivity index (χ1v) is 6.15. The molecule has 1 N–H and O–H groups in total. The van der Waals surface area contributed by atoms with Crippen LogP contribution in [0.5, 0.6) is 5.75 Å². The summed E-state index contributed by atoms with van der Waals surface area (Å²) in [6.07, 6.45) is 0. The van der Waals surface area contributed by atoms with E-state index >= 15 is 0 Å². The monoisotopic (exact) mass is 256 g/mol. The fourth-order valence-corrected chi connectivity index (χ4v) is 2.28. The summed E-state index contributed by atoms with van der Waals surface area (Å²) in [7, 11) is 0. The van der Waals surface area contributed by atoms with Gasteiger partial charge in [-0.05, 0) is 37.3 Å².